The van der Waals surface area contributed by atoms with E-state index < -0.39 is 0 Å². The van der Waals surface area contributed by atoms with Gasteiger partial charge in [-0.05, 0) is 30.5 Å². The monoisotopic (exact) mass is 284 g/mol. The smallest absolute Gasteiger partial charge is 0.225 e. The highest BCUT2D eigenvalue weighted by Crippen LogP contribution is 2.22. The molecule has 2 N–H and O–H groups in total. The predicted octanol–water partition coefficient (Wildman–Crippen LogP) is 2.08. The Bertz CT molecular complexity index is 574. The summed E-state index contributed by atoms with van der Waals surface area (Å²) in [5.74, 6) is 1.64. The fraction of sp³-hybridized carbons (Fsp3) is 0.375. The number of nitrogens with two attached hydrogens (primary N) is 1. The maximum Gasteiger partial charge on any atom is 0.225 e. The van der Waals surface area contributed by atoms with Gasteiger partial charge in [0.05, 0.1) is 7.11 Å². The molecule has 21 heavy (non-hydrogen) atoms. The maximum atomic E-state index is 5.92. The minimum atomic E-state index is 0.319. The van der Waals surface area contributed by atoms with E-state index in [1.54, 1.807) is 7.11 Å². The molecule has 0 radical (unpaired) electrons. The van der Waals surface area contributed by atoms with Gasteiger partial charge in [-0.25, -0.2) is 9.97 Å². The number of hydrogen-bond acceptors (Lipinski definition) is 5. The molecular weight excluding hydrogens is 264 g/mol. The van der Waals surface area contributed by atoms with Crippen molar-refractivity contribution in [2.75, 3.05) is 25.1 Å². The van der Waals surface area contributed by atoms with Crippen molar-refractivity contribution in [3.05, 3.63) is 36.7 Å². The summed E-state index contributed by atoms with van der Waals surface area (Å²) in [6.45, 7) is 1.87. The number of hydrogen-bond donors (Lipinski definition) is 1. The summed E-state index contributed by atoms with van der Waals surface area (Å²) in [4.78, 5) is 11.2. The highest BCUT2D eigenvalue weighted by molar-refractivity contribution is 5.62. The van der Waals surface area contributed by atoms with Gasteiger partial charge in [-0.3, -0.25) is 0 Å². The normalized spacial score (nSPS) is 16.0. The van der Waals surface area contributed by atoms with Crippen molar-refractivity contribution >= 4 is 5.95 Å². The average molecular weight is 284 g/mol. The van der Waals surface area contributed by atoms with Crippen LogP contribution in [0.5, 0.6) is 5.75 Å². The molecule has 2 aromatic rings. The second kappa shape index (κ2) is 6.10. The van der Waals surface area contributed by atoms with Gasteiger partial charge >= 0.3 is 0 Å². The zero-order chi connectivity index (χ0) is 14.7. The fourth-order valence-electron chi connectivity index (χ4n) is 2.52. The van der Waals surface area contributed by atoms with E-state index >= 15 is 0 Å². The van der Waals surface area contributed by atoms with Crippen LogP contribution in [-0.2, 0) is 0 Å². The quantitative estimate of drug-likeness (QED) is 0.935. The number of piperidine rings is 1. The summed E-state index contributed by atoms with van der Waals surface area (Å²) in [6, 6.07) is 8.22. The third kappa shape index (κ3) is 3.13. The summed E-state index contributed by atoms with van der Waals surface area (Å²) >= 11 is 0. The van der Waals surface area contributed by atoms with Crippen LogP contribution in [-0.4, -0.2) is 36.2 Å². The lowest BCUT2D eigenvalue weighted by atomic mass is 10.1. The van der Waals surface area contributed by atoms with Gasteiger partial charge in [-0.1, -0.05) is 12.1 Å². The Morgan fingerprint density at radius 3 is 2.24 bits per heavy atom. The standard InChI is InChI=1S/C16H20N4O/c1-21-15-4-2-12(3-5-15)13-10-18-16(19-11-13)20-8-6-14(17)7-9-20/h2-5,10-11,14H,6-9,17H2,1H3. The van der Waals surface area contributed by atoms with E-state index in [1.807, 2.05) is 36.7 Å². The molecule has 1 fully saturated rings. The maximum absolute atomic E-state index is 5.92. The third-order valence-corrected chi connectivity index (χ3v) is 3.88. The molecule has 0 bridgehead atoms. The molecule has 5 heteroatoms. The molecule has 1 aromatic carbocycles. The lowest BCUT2D eigenvalue weighted by Crippen LogP contribution is -2.40. The molecule has 5 nitrogen and oxygen atoms in total. The van der Waals surface area contributed by atoms with Crippen molar-refractivity contribution in [1.82, 2.24) is 9.97 Å². The van der Waals surface area contributed by atoms with Crippen molar-refractivity contribution in [3.8, 4) is 16.9 Å². The van der Waals surface area contributed by atoms with Crippen LogP contribution in [0.2, 0.25) is 0 Å². The number of anilines is 1. The molecular formula is C16H20N4O. The Morgan fingerprint density at radius 2 is 1.67 bits per heavy atom. The van der Waals surface area contributed by atoms with Gasteiger partial charge in [0.1, 0.15) is 5.75 Å². The molecule has 0 spiro atoms. The number of rotatable bonds is 3. The molecule has 110 valence electrons. The molecule has 0 atom stereocenters. The second-order valence-electron chi connectivity index (χ2n) is 5.32. The van der Waals surface area contributed by atoms with E-state index in [9.17, 15) is 0 Å². The van der Waals surface area contributed by atoms with Crippen molar-refractivity contribution in [2.24, 2.45) is 5.73 Å². The van der Waals surface area contributed by atoms with Crippen LogP contribution in [0.1, 0.15) is 12.8 Å². The SMILES string of the molecule is COc1ccc(-c2cnc(N3CCC(N)CC3)nc2)cc1. The Morgan fingerprint density at radius 1 is 1.05 bits per heavy atom. The Labute approximate surface area is 124 Å². The molecule has 1 aliphatic heterocycles. The van der Waals surface area contributed by atoms with Gasteiger partial charge in [0.25, 0.3) is 0 Å². The fourth-order valence-corrected chi connectivity index (χ4v) is 2.52. The number of benzene rings is 1. The molecule has 2 heterocycles. The number of aromatic nitrogens is 2. The number of nitrogens with zero attached hydrogens (tertiary/aromatic N) is 3. The number of ether oxygens (including phenoxy) is 1. The third-order valence-electron chi connectivity index (χ3n) is 3.88. The van der Waals surface area contributed by atoms with Crippen LogP contribution < -0.4 is 15.4 Å². The Hall–Kier alpha value is -2.14. The molecule has 1 aliphatic rings. The number of methoxy groups -OCH3 is 1. The molecule has 1 aromatic heterocycles. The van der Waals surface area contributed by atoms with Crippen LogP contribution >= 0.6 is 0 Å². The average Bonchev–Trinajstić information content (AvgIpc) is 2.56. The van der Waals surface area contributed by atoms with E-state index in [0.29, 0.717) is 6.04 Å². The molecule has 1 saturated heterocycles. The molecule has 0 aliphatic carbocycles. The van der Waals surface area contributed by atoms with Gasteiger partial charge in [-0.15, -0.1) is 0 Å². The van der Waals surface area contributed by atoms with E-state index in [2.05, 4.69) is 14.9 Å². The molecule has 3 rings (SSSR count). The van der Waals surface area contributed by atoms with Crippen LogP contribution in [0.15, 0.2) is 36.7 Å². The van der Waals surface area contributed by atoms with Crippen molar-refractivity contribution < 1.29 is 4.74 Å². The van der Waals surface area contributed by atoms with E-state index in [4.69, 9.17) is 10.5 Å². The molecule has 0 saturated carbocycles. The summed E-state index contributed by atoms with van der Waals surface area (Å²) in [7, 11) is 1.66. The molecule has 0 amide bonds. The van der Waals surface area contributed by atoms with E-state index in [1.165, 1.54) is 0 Å². The van der Waals surface area contributed by atoms with Gasteiger partial charge in [0.2, 0.25) is 5.95 Å². The van der Waals surface area contributed by atoms with Gasteiger partial charge in [0, 0.05) is 37.1 Å². The van der Waals surface area contributed by atoms with Crippen molar-refractivity contribution in [2.45, 2.75) is 18.9 Å². The van der Waals surface area contributed by atoms with Gasteiger partial charge in [-0.2, -0.15) is 0 Å². The van der Waals surface area contributed by atoms with Crippen LogP contribution in [0.4, 0.5) is 5.95 Å². The summed E-state index contributed by atoms with van der Waals surface area (Å²) < 4.78 is 5.16. The predicted molar refractivity (Wildman–Crippen MR) is 83.4 cm³/mol. The highest BCUT2D eigenvalue weighted by Gasteiger charge is 2.18. The Kier molecular flexibility index (Phi) is 4.01. The lowest BCUT2D eigenvalue weighted by molar-refractivity contribution is 0.415. The topological polar surface area (TPSA) is 64.3 Å². The highest BCUT2D eigenvalue weighted by atomic mass is 16.5. The zero-order valence-corrected chi connectivity index (χ0v) is 12.2. The minimum Gasteiger partial charge on any atom is -0.497 e. The first-order valence-corrected chi connectivity index (χ1v) is 7.23. The van der Waals surface area contributed by atoms with Crippen molar-refractivity contribution in [1.29, 1.82) is 0 Å². The van der Waals surface area contributed by atoms with Crippen LogP contribution in [0, 0.1) is 0 Å². The lowest BCUT2D eigenvalue weighted by Gasteiger charge is -2.30. The Balaban J connectivity index is 1.74. The summed E-state index contributed by atoms with van der Waals surface area (Å²) in [5.41, 5.74) is 8.02. The second-order valence-corrected chi connectivity index (χ2v) is 5.32. The van der Waals surface area contributed by atoms with Gasteiger partial charge < -0.3 is 15.4 Å². The van der Waals surface area contributed by atoms with Crippen molar-refractivity contribution in [3.63, 3.8) is 0 Å². The molecule has 0 unspecified atom stereocenters. The first kappa shape index (κ1) is 13.8. The van der Waals surface area contributed by atoms with E-state index in [-0.39, 0.29) is 0 Å². The van der Waals surface area contributed by atoms with E-state index in [0.717, 1.165) is 48.8 Å². The zero-order valence-electron chi connectivity index (χ0n) is 12.2. The summed E-state index contributed by atoms with van der Waals surface area (Å²) in [6.07, 6.45) is 5.75. The van der Waals surface area contributed by atoms with Crippen LogP contribution in [0.25, 0.3) is 11.1 Å². The first-order valence-electron chi connectivity index (χ1n) is 7.23. The largest absolute Gasteiger partial charge is 0.497 e. The summed E-state index contributed by atoms with van der Waals surface area (Å²) in [5, 5.41) is 0. The van der Waals surface area contributed by atoms with Crippen LogP contribution in [0.3, 0.4) is 0 Å². The minimum absolute atomic E-state index is 0.319. The first-order chi connectivity index (χ1) is 10.3. The van der Waals surface area contributed by atoms with Gasteiger partial charge in [0.15, 0.2) is 0 Å².